The molecule has 4 nitrogen and oxygen atoms in total. The Morgan fingerprint density at radius 2 is 1.79 bits per heavy atom. The molecule has 1 N–H and O–H groups in total. The molecule has 1 aromatic rings. The zero-order valence-corrected chi connectivity index (χ0v) is 11.4. The van der Waals surface area contributed by atoms with Crippen molar-refractivity contribution in [3.8, 4) is 0 Å². The second-order valence-electron chi connectivity index (χ2n) is 6.37. The van der Waals surface area contributed by atoms with Crippen LogP contribution in [0, 0.1) is 5.92 Å². The number of hydrogen-bond donors (Lipinski definition) is 1. The smallest absolute Gasteiger partial charge is 0.225 e. The second kappa shape index (κ2) is 4.75. The van der Waals surface area contributed by atoms with Crippen molar-refractivity contribution >= 4 is 5.95 Å². The summed E-state index contributed by atoms with van der Waals surface area (Å²) in [6.45, 7) is 2.08. The summed E-state index contributed by atoms with van der Waals surface area (Å²) in [7, 11) is 0. The Labute approximate surface area is 114 Å². The molecule has 3 aliphatic carbocycles. The molecule has 0 aliphatic heterocycles. The predicted molar refractivity (Wildman–Crippen MR) is 75.0 cm³/mol. The largest absolute Gasteiger partial charge is 0.338 e. The predicted octanol–water partition coefficient (Wildman–Crippen LogP) is 2.11. The maximum absolute atomic E-state index is 4.59. The molecular weight excluding hydrogens is 236 g/mol. The SMILES string of the molecule is c1nc(N(CC2CC2)C2CC2)ncc1CNC1CC1. The summed E-state index contributed by atoms with van der Waals surface area (Å²) in [6, 6.07) is 1.47. The molecule has 1 aromatic heterocycles. The fourth-order valence-corrected chi connectivity index (χ4v) is 2.50. The van der Waals surface area contributed by atoms with Gasteiger partial charge in [0.25, 0.3) is 0 Å². The van der Waals surface area contributed by atoms with Gasteiger partial charge in [-0.2, -0.15) is 0 Å². The molecule has 0 unspecified atom stereocenters. The Morgan fingerprint density at radius 1 is 1.05 bits per heavy atom. The highest BCUT2D eigenvalue weighted by molar-refractivity contribution is 5.34. The molecule has 0 amide bonds. The molecule has 0 atom stereocenters. The van der Waals surface area contributed by atoms with Gasteiger partial charge in [-0.05, 0) is 44.4 Å². The summed E-state index contributed by atoms with van der Waals surface area (Å²) < 4.78 is 0. The Bertz CT molecular complexity index is 432. The van der Waals surface area contributed by atoms with E-state index in [-0.39, 0.29) is 0 Å². The maximum Gasteiger partial charge on any atom is 0.225 e. The van der Waals surface area contributed by atoms with Gasteiger partial charge >= 0.3 is 0 Å². The van der Waals surface area contributed by atoms with Gasteiger partial charge in [-0.15, -0.1) is 0 Å². The Kier molecular flexibility index (Phi) is 2.91. The minimum Gasteiger partial charge on any atom is -0.338 e. The summed E-state index contributed by atoms with van der Waals surface area (Å²) in [5, 5.41) is 3.51. The molecule has 0 radical (unpaired) electrons. The quantitative estimate of drug-likeness (QED) is 0.813. The molecule has 4 rings (SSSR count). The van der Waals surface area contributed by atoms with Crippen LogP contribution in [0.2, 0.25) is 0 Å². The lowest BCUT2D eigenvalue weighted by atomic mass is 10.3. The molecule has 0 aromatic carbocycles. The number of nitrogens with zero attached hydrogens (tertiary/aromatic N) is 3. The Balaban J connectivity index is 1.40. The van der Waals surface area contributed by atoms with Crippen molar-refractivity contribution in [1.82, 2.24) is 15.3 Å². The first-order valence-corrected chi connectivity index (χ1v) is 7.69. The van der Waals surface area contributed by atoms with E-state index in [0.717, 1.165) is 30.5 Å². The van der Waals surface area contributed by atoms with E-state index in [9.17, 15) is 0 Å². The summed E-state index contributed by atoms with van der Waals surface area (Å²) in [5.41, 5.74) is 1.21. The van der Waals surface area contributed by atoms with E-state index >= 15 is 0 Å². The highest BCUT2D eigenvalue weighted by Gasteiger charge is 2.35. The molecule has 102 valence electrons. The zero-order chi connectivity index (χ0) is 12.7. The lowest BCUT2D eigenvalue weighted by molar-refractivity contribution is 0.674. The highest BCUT2D eigenvalue weighted by Crippen LogP contribution is 2.36. The summed E-state index contributed by atoms with van der Waals surface area (Å²) in [6.07, 6.45) is 12.1. The van der Waals surface area contributed by atoms with Crippen LogP contribution in [0.3, 0.4) is 0 Å². The Hall–Kier alpha value is -1.16. The van der Waals surface area contributed by atoms with Gasteiger partial charge in [0, 0.05) is 43.1 Å². The normalized spacial score (nSPS) is 22.5. The van der Waals surface area contributed by atoms with Gasteiger partial charge in [0.1, 0.15) is 0 Å². The van der Waals surface area contributed by atoms with Crippen molar-refractivity contribution in [2.45, 2.75) is 57.2 Å². The van der Waals surface area contributed by atoms with E-state index in [1.54, 1.807) is 0 Å². The van der Waals surface area contributed by atoms with Crippen molar-refractivity contribution in [2.24, 2.45) is 5.92 Å². The third kappa shape index (κ3) is 3.06. The lowest BCUT2D eigenvalue weighted by Gasteiger charge is -2.22. The number of aromatic nitrogens is 2. The second-order valence-corrected chi connectivity index (χ2v) is 6.37. The number of anilines is 1. The van der Waals surface area contributed by atoms with Crippen LogP contribution in [0.4, 0.5) is 5.95 Å². The van der Waals surface area contributed by atoms with Crippen molar-refractivity contribution in [3.05, 3.63) is 18.0 Å². The van der Waals surface area contributed by atoms with Crippen LogP contribution in [-0.2, 0) is 6.54 Å². The van der Waals surface area contributed by atoms with Crippen LogP contribution < -0.4 is 10.2 Å². The fourth-order valence-electron chi connectivity index (χ4n) is 2.50. The van der Waals surface area contributed by atoms with E-state index < -0.39 is 0 Å². The van der Waals surface area contributed by atoms with Gasteiger partial charge in [-0.1, -0.05) is 0 Å². The van der Waals surface area contributed by atoms with Crippen LogP contribution in [-0.4, -0.2) is 28.6 Å². The minimum absolute atomic E-state index is 0.719. The third-order valence-corrected chi connectivity index (χ3v) is 4.26. The molecule has 3 fully saturated rings. The topological polar surface area (TPSA) is 41.1 Å². The molecule has 0 saturated heterocycles. The standard InChI is InChI=1S/C15H22N4/c1-2-11(1)10-19(14-5-6-14)15-17-8-12(9-18-15)7-16-13-3-4-13/h8-9,11,13-14,16H,1-7,10H2. The molecule has 4 heteroatoms. The molecular formula is C15H22N4. The first-order chi connectivity index (χ1) is 9.38. The number of rotatable bonds is 7. The van der Waals surface area contributed by atoms with Crippen LogP contribution in [0.15, 0.2) is 12.4 Å². The maximum atomic E-state index is 4.59. The van der Waals surface area contributed by atoms with E-state index in [2.05, 4.69) is 20.2 Å². The number of nitrogens with one attached hydrogen (secondary N) is 1. The Morgan fingerprint density at radius 3 is 2.37 bits per heavy atom. The van der Waals surface area contributed by atoms with E-state index in [1.807, 2.05) is 12.4 Å². The molecule has 1 heterocycles. The minimum atomic E-state index is 0.719. The summed E-state index contributed by atoms with van der Waals surface area (Å²) >= 11 is 0. The molecule has 3 saturated carbocycles. The van der Waals surface area contributed by atoms with Crippen molar-refractivity contribution in [1.29, 1.82) is 0 Å². The van der Waals surface area contributed by atoms with Gasteiger partial charge in [-0.25, -0.2) is 9.97 Å². The van der Waals surface area contributed by atoms with Gasteiger partial charge < -0.3 is 10.2 Å². The average molecular weight is 258 g/mol. The lowest BCUT2D eigenvalue weighted by Crippen LogP contribution is -2.30. The zero-order valence-electron chi connectivity index (χ0n) is 11.4. The van der Waals surface area contributed by atoms with Crippen LogP contribution >= 0.6 is 0 Å². The monoisotopic (exact) mass is 258 g/mol. The van der Waals surface area contributed by atoms with Crippen molar-refractivity contribution < 1.29 is 0 Å². The molecule has 3 aliphatic rings. The van der Waals surface area contributed by atoms with E-state index in [0.29, 0.717) is 0 Å². The van der Waals surface area contributed by atoms with Crippen LogP contribution in [0.5, 0.6) is 0 Å². The van der Waals surface area contributed by atoms with Crippen LogP contribution in [0.1, 0.15) is 44.1 Å². The van der Waals surface area contributed by atoms with Gasteiger partial charge in [-0.3, -0.25) is 0 Å². The summed E-state index contributed by atoms with van der Waals surface area (Å²) in [5.74, 6) is 1.85. The fraction of sp³-hybridized carbons (Fsp3) is 0.733. The van der Waals surface area contributed by atoms with E-state index in [4.69, 9.17) is 0 Å². The van der Waals surface area contributed by atoms with E-state index in [1.165, 1.54) is 50.6 Å². The molecule has 0 spiro atoms. The average Bonchev–Trinajstić information content (AvgIpc) is 3.29. The highest BCUT2D eigenvalue weighted by atomic mass is 15.3. The summed E-state index contributed by atoms with van der Waals surface area (Å²) in [4.78, 5) is 11.6. The van der Waals surface area contributed by atoms with Crippen molar-refractivity contribution in [3.63, 3.8) is 0 Å². The molecule has 0 bridgehead atoms. The van der Waals surface area contributed by atoms with Crippen LogP contribution in [0.25, 0.3) is 0 Å². The number of hydrogen-bond acceptors (Lipinski definition) is 4. The van der Waals surface area contributed by atoms with Gasteiger partial charge in [0.05, 0.1) is 0 Å². The molecule has 19 heavy (non-hydrogen) atoms. The van der Waals surface area contributed by atoms with Gasteiger partial charge in [0.2, 0.25) is 5.95 Å². The third-order valence-electron chi connectivity index (χ3n) is 4.26. The van der Waals surface area contributed by atoms with Crippen molar-refractivity contribution in [2.75, 3.05) is 11.4 Å². The first kappa shape index (κ1) is 11.6. The van der Waals surface area contributed by atoms with Gasteiger partial charge in [0.15, 0.2) is 0 Å². The first-order valence-electron chi connectivity index (χ1n) is 7.69.